The highest BCUT2D eigenvalue weighted by molar-refractivity contribution is 8.26. The third-order valence-corrected chi connectivity index (χ3v) is 6.96. The monoisotopic (exact) mass is 484 g/mol. The standard InChI is InChI=1S/C24H25FN4O2S2/c1-5-6-11-27(3)21-18(15(2)19(13-26)22(30)28(21)4)12-20-23(31)29(24(32)33-20)14-16-7-9-17(25)10-8-16/h7-10,12H,5-6,11,14H2,1-4H3/b20-12-. The fourth-order valence-electron chi connectivity index (χ4n) is 3.71. The molecule has 1 saturated heterocycles. The van der Waals surface area contributed by atoms with Crippen molar-refractivity contribution in [2.75, 3.05) is 18.5 Å². The molecular weight excluding hydrogens is 459 g/mol. The molecule has 1 aliphatic rings. The Bertz CT molecular complexity index is 1230. The average Bonchev–Trinajstić information content (AvgIpc) is 3.05. The molecule has 9 heteroatoms. The van der Waals surface area contributed by atoms with Crippen LogP contribution >= 0.6 is 24.0 Å². The maximum atomic E-state index is 13.2. The highest BCUT2D eigenvalue weighted by Crippen LogP contribution is 2.36. The number of halogens is 1. The number of hydrogen-bond donors (Lipinski definition) is 0. The lowest BCUT2D eigenvalue weighted by Gasteiger charge is -2.25. The Morgan fingerprint density at radius 2 is 1.94 bits per heavy atom. The highest BCUT2D eigenvalue weighted by atomic mass is 32.2. The molecule has 0 bridgehead atoms. The molecule has 0 spiro atoms. The summed E-state index contributed by atoms with van der Waals surface area (Å²) in [4.78, 5) is 29.8. The summed E-state index contributed by atoms with van der Waals surface area (Å²) in [5.41, 5.74) is 1.63. The molecule has 33 heavy (non-hydrogen) atoms. The van der Waals surface area contributed by atoms with Gasteiger partial charge in [0.05, 0.1) is 11.4 Å². The van der Waals surface area contributed by atoms with Crippen molar-refractivity contribution in [2.24, 2.45) is 7.05 Å². The summed E-state index contributed by atoms with van der Waals surface area (Å²) >= 11 is 6.62. The molecule has 0 N–H and O–H groups in total. The van der Waals surface area contributed by atoms with E-state index in [2.05, 4.69) is 6.92 Å². The fourth-order valence-corrected chi connectivity index (χ4v) is 4.95. The molecule has 0 aliphatic carbocycles. The first-order valence-corrected chi connectivity index (χ1v) is 11.8. The lowest BCUT2D eigenvalue weighted by Crippen LogP contribution is -2.31. The van der Waals surface area contributed by atoms with Gasteiger partial charge in [0.1, 0.15) is 27.6 Å². The maximum absolute atomic E-state index is 13.2. The highest BCUT2D eigenvalue weighted by Gasteiger charge is 2.33. The number of rotatable bonds is 7. The molecule has 1 aromatic heterocycles. The van der Waals surface area contributed by atoms with E-state index in [1.54, 1.807) is 32.2 Å². The molecule has 1 fully saturated rings. The molecule has 1 aromatic carbocycles. The van der Waals surface area contributed by atoms with Gasteiger partial charge in [0.2, 0.25) is 0 Å². The van der Waals surface area contributed by atoms with Crippen molar-refractivity contribution in [2.45, 2.75) is 33.2 Å². The van der Waals surface area contributed by atoms with Gasteiger partial charge in [-0.3, -0.25) is 19.1 Å². The topological polar surface area (TPSA) is 69.3 Å². The zero-order chi connectivity index (χ0) is 24.3. The van der Waals surface area contributed by atoms with Crippen molar-refractivity contribution in [3.05, 3.63) is 67.6 Å². The first-order valence-electron chi connectivity index (χ1n) is 10.5. The number of carbonyl (C=O) groups is 1. The number of carbonyl (C=O) groups excluding carboxylic acids is 1. The molecule has 0 radical (unpaired) electrons. The predicted molar refractivity (Wildman–Crippen MR) is 134 cm³/mol. The zero-order valence-electron chi connectivity index (χ0n) is 19.0. The predicted octanol–water partition coefficient (Wildman–Crippen LogP) is 4.34. The number of unbranched alkanes of at least 4 members (excludes halogenated alkanes) is 1. The Hall–Kier alpha value is -2.96. The second kappa shape index (κ2) is 10.3. The van der Waals surface area contributed by atoms with Crippen LogP contribution in [0.5, 0.6) is 0 Å². The summed E-state index contributed by atoms with van der Waals surface area (Å²) in [6.07, 6.45) is 3.64. The Balaban J connectivity index is 2.06. The van der Waals surface area contributed by atoms with E-state index in [0.717, 1.165) is 24.9 Å². The normalized spacial score (nSPS) is 14.8. The quantitative estimate of drug-likeness (QED) is 0.430. The lowest BCUT2D eigenvalue weighted by molar-refractivity contribution is -0.122. The summed E-state index contributed by atoms with van der Waals surface area (Å²) in [5.74, 6) is 0.0409. The van der Waals surface area contributed by atoms with Crippen LogP contribution in [0.25, 0.3) is 6.08 Å². The molecule has 0 atom stereocenters. The molecule has 0 saturated carbocycles. The minimum Gasteiger partial charge on any atom is -0.360 e. The van der Waals surface area contributed by atoms with Crippen molar-refractivity contribution in [3.8, 4) is 6.07 Å². The van der Waals surface area contributed by atoms with Crippen molar-refractivity contribution in [1.29, 1.82) is 5.26 Å². The first-order chi connectivity index (χ1) is 15.7. The van der Waals surface area contributed by atoms with Crippen molar-refractivity contribution in [3.63, 3.8) is 0 Å². The number of benzene rings is 1. The van der Waals surface area contributed by atoms with Gasteiger partial charge in [-0.2, -0.15) is 5.26 Å². The molecule has 172 valence electrons. The summed E-state index contributed by atoms with van der Waals surface area (Å²) < 4.78 is 15.1. The van der Waals surface area contributed by atoms with Gasteiger partial charge in [0.25, 0.3) is 11.5 Å². The minimum atomic E-state index is -0.366. The molecule has 6 nitrogen and oxygen atoms in total. The van der Waals surface area contributed by atoms with E-state index in [4.69, 9.17) is 12.2 Å². The van der Waals surface area contributed by atoms with Gasteiger partial charge in [-0.25, -0.2) is 4.39 Å². The molecule has 1 aliphatic heterocycles. The van der Waals surface area contributed by atoms with Gasteiger partial charge in [0, 0.05) is 26.2 Å². The van der Waals surface area contributed by atoms with Crippen molar-refractivity contribution in [1.82, 2.24) is 9.47 Å². The number of anilines is 1. The largest absolute Gasteiger partial charge is 0.360 e. The number of pyridine rings is 1. The molecular formula is C24H25FN4O2S2. The smallest absolute Gasteiger partial charge is 0.270 e. The fraction of sp³-hybridized carbons (Fsp3) is 0.333. The van der Waals surface area contributed by atoms with Crippen LogP contribution in [0.2, 0.25) is 0 Å². The van der Waals surface area contributed by atoms with E-state index < -0.39 is 0 Å². The Labute approximate surface area is 202 Å². The van der Waals surface area contributed by atoms with E-state index in [-0.39, 0.29) is 29.4 Å². The molecule has 2 heterocycles. The lowest BCUT2D eigenvalue weighted by atomic mass is 10.0. The van der Waals surface area contributed by atoms with E-state index in [9.17, 15) is 19.2 Å². The molecule has 1 amide bonds. The Morgan fingerprint density at radius 1 is 1.27 bits per heavy atom. The van der Waals surface area contributed by atoms with Crippen LogP contribution in [0.4, 0.5) is 10.2 Å². The van der Waals surface area contributed by atoms with Gasteiger partial charge in [-0.15, -0.1) is 0 Å². The van der Waals surface area contributed by atoms with Crippen LogP contribution in [0.3, 0.4) is 0 Å². The summed E-state index contributed by atoms with van der Waals surface area (Å²) in [5, 5.41) is 9.57. The van der Waals surface area contributed by atoms with Crippen LogP contribution in [-0.2, 0) is 18.4 Å². The average molecular weight is 485 g/mol. The Kier molecular flexibility index (Phi) is 7.72. The van der Waals surface area contributed by atoms with E-state index in [1.165, 1.54) is 33.4 Å². The molecule has 2 aromatic rings. The first kappa shape index (κ1) is 24.7. The second-order valence-electron chi connectivity index (χ2n) is 7.88. The maximum Gasteiger partial charge on any atom is 0.270 e. The van der Waals surface area contributed by atoms with Gasteiger partial charge in [-0.1, -0.05) is 49.5 Å². The molecule has 3 rings (SSSR count). The second-order valence-corrected chi connectivity index (χ2v) is 9.56. The number of thiocarbonyl (C=S) groups is 1. The summed E-state index contributed by atoms with van der Waals surface area (Å²) in [6, 6.07) is 7.94. The van der Waals surface area contributed by atoms with Crippen LogP contribution in [-0.4, -0.2) is 33.3 Å². The van der Waals surface area contributed by atoms with Crippen LogP contribution < -0.4 is 10.5 Å². The minimum absolute atomic E-state index is 0.0539. The SMILES string of the molecule is CCCCN(C)c1c(/C=C2\SC(=S)N(Cc3ccc(F)cc3)C2=O)c(C)c(C#N)c(=O)n1C. The third-order valence-electron chi connectivity index (χ3n) is 5.58. The number of aromatic nitrogens is 1. The summed E-state index contributed by atoms with van der Waals surface area (Å²) in [7, 11) is 3.53. The van der Waals surface area contributed by atoms with Crippen LogP contribution in [0.1, 0.15) is 42.0 Å². The van der Waals surface area contributed by atoms with Crippen LogP contribution in [0.15, 0.2) is 34.0 Å². The zero-order valence-corrected chi connectivity index (χ0v) is 20.6. The third kappa shape index (κ3) is 5.02. The van der Waals surface area contributed by atoms with Gasteiger partial charge < -0.3 is 4.90 Å². The van der Waals surface area contributed by atoms with Crippen molar-refractivity contribution >= 4 is 46.1 Å². The Morgan fingerprint density at radius 3 is 2.55 bits per heavy atom. The van der Waals surface area contributed by atoms with E-state index in [1.807, 2.05) is 18.0 Å². The van der Waals surface area contributed by atoms with E-state index >= 15 is 0 Å². The van der Waals surface area contributed by atoms with Gasteiger partial charge in [-0.05, 0) is 42.7 Å². The van der Waals surface area contributed by atoms with Crippen LogP contribution in [0, 0.1) is 24.1 Å². The van der Waals surface area contributed by atoms with Gasteiger partial charge in [0.15, 0.2) is 0 Å². The molecule has 0 unspecified atom stereocenters. The number of nitrogens with zero attached hydrogens (tertiary/aromatic N) is 4. The number of hydrogen-bond acceptors (Lipinski definition) is 6. The number of amides is 1. The van der Waals surface area contributed by atoms with Gasteiger partial charge >= 0.3 is 0 Å². The summed E-state index contributed by atoms with van der Waals surface area (Å²) in [6.45, 7) is 4.77. The van der Waals surface area contributed by atoms with E-state index in [0.29, 0.717) is 26.2 Å². The number of thioether (sulfide) groups is 1. The number of nitriles is 1. The van der Waals surface area contributed by atoms with Crippen molar-refractivity contribution < 1.29 is 9.18 Å².